The number of hydrogen-bond acceptors (Lipinski definition) is 5. The molecule has 6 heteroatoms. The first kappa shape index (κ1) is 13.9. The van der Waals surface area contributed by atoms with Crippen molar-refractivity contribution in [3.05, 3.63) is 35.0 Å². The van der Waals surface area contributed by atoms with Crippen molar-refractivity contribution in [2.75, 3.05) is 6.54 Å². The van der Waals surface area contributed by atoms with Crippen molar-refractivity contribution in [2.45, 2.75) is 45.6 Å². The molecule has 0 aromatic carbocycles. The van der Waals surface area contributed by atoms with E-state index in [1.165, 1.54) is 0 Å². The lowest BCUT2D eigenvalue weighted by molar-refractivity contribution is 0.0704. The summed E-state index contributed by atoms with van der Waals surface area (Å²) in [5.74, 6) is 1.57. The van der Waals surface area contributed by atoms with Crippen molar-refractivity contribution in [3.63, 3.8) is 0 Å². The quantitative estimate of drug-likeness (QED) is 0.868. The summed E-state index contributed by atoms with van der Waals surface area (Å²) in [4.78, 5) is 14.4. The van der Waals surface area contributed by atoms with Crippen molar-refractivity contribution in [1.82, 2.24) is 15.2 Å². The van der Waals surface area contributed by atoms with Crippen LogP contribution in [0.2, 0.25) is 0 Å². The van der Waals surface area contributed by atoms with Gasteiger partial charge in [0.1, 0.15) is 5.76 Å². The van der Waals surface area contributed by atoms with Gasteiger partial charge in [-0.2, -0.15) is 0 Å². The fourth-order valence-corrected chi connectivity index (χ4v) is 2.66. The van der Waals surface area contributed by atoms with Crippen LogP contribution >= 0.6 is 0 Å². The highest BCUT2D eigenvalue weighted by atomic mass is 16.5. The van der Waals surface area contributed by atoms with Gasteiger partial charge < -0.3 is 13.9 Å². The molecule has 3 rings (SSSR count). The van der Waals surface area contributed by atoms with Crippen molar-refractivity contribution >= 4 is 5.91 Å². The van der Waals surface area contributed by atoms with Crippen molar-refractivity contribution in [2.24, 2.45) is 0 Å². The summed E-state index contributed by atoms with van der Waals surface area (Å²) >= 11 is 0. The van der Waals surface area contributed by atoms with Crippen LogP contribution in [0.25, 0.3) is 0 Å². The maximum Gasteiger partial charge on any atom is 0.276 e. The van der Waals surface area contributed by atoms with Crippen LogP contribution in [0.15, 0.2) is 21.2 Å². The third-order valence-electron chi connectivity index (χ3n) is 3.80. The monoisotopic (exact) mass is 289 g/mol. The lowest BCUT2D eigenvalue weighted by Crippen LogP contribution is -2.30. The number of hydrogen-bond donors (Lipinski definition) is 0. The van der Waals surface area contributed by atoms with Crippen LogP contribution in [0.5, 0.6) is 0 Å². The lowest BCUT2D eigenvalue weighted by Gasteiger charge is -2.21. The predicted octanol–water partition coefficient (Wildman–Crippen LogP) is 3.07. The molecule has 0 radical (unpaired) electrons. The van der Waals surface area contributed by atoms with Gasteiger partial charge in [0.05, 0.1) is 11.7 Å². The van der Waals surface area contributed by atoms with Crippen LogP contribution in [0.4, 0.5) is 0 Å². The molecule has 1 saturated heterocycles. The summed E-state index contributed by atoms with van der Waals surface area (Å²) in [5, 5.41) is 7.81. The Morgan fingerprint density at radius 2 is 2.14 bits per heavy atom. The van der Waals surface area contributed by atoms with E-state index in [2.05, 4.69) is 10.3 Å². The summed E-state index contributed by atoms with van der Waals surface area (Å²) in [6.45, 7) is 6.59. The maximum absolute atomic E-state index is 12.6. The summed E-state index contributed by atoms with van der Waals surface area (Å²) < 4.78 is 10.5. The first-order valence-corrected chi connectivity index (χ1v) is 7.27. The molecule has 0 saturated carbocycles. The highest BCUT2D eigenvalue weighted by Gasteiger charge is 2.34. The molecule has 0 spiro atoms. The molecule has 21 heavy (non-hydrogen) atoms. The number of rotatable bonds is 3. The Balaban J connectivity index is 1.82. The number of aromatic nitrogens is 2. The van der Waals surface area contributed by atoms with Gasteiger partial charge in [-0.15, -0.1) is 0 Å². The second-order valence-electron chi connectivity index (χ2n) is 5.80. The van der Waals surface area contributed by atoms with Gasteiger partial charge in [0.15, 0.2) is 11.5 Å². The third-order valence-corrected chi connectivity index (χ3v) is 3.80. The van der Waals surface area contributed by atoms with Gasteiger partial charge in [0, 0.05) is 24.6 Å². The van der Waals surface area contributed by atoms with Gasteiger partial charge in [-0.25, -0.2) is 0 Å². The maximum atomic E-state index is 12.6. The molecule has 112 valence electrons. The number of likely N-dealkylation sites (tertiary alicyclic amines) is 1. The zero-order valence-corrected chi connectivity index (χ0v) is 12.5. The Morgan fingerprint density at radius 3 is 2.76 bits per heavy atom. The molecule has 1 amide bonds. The molecule has 3 heterocycles. The molecule has 0 unspecified atom stereocenters. The van der Waals surface area contributed by atoms with Crippen LogP contribution in [0.3, 0.4) is 0 Å². The second-order valence-corrected chi connectivity index (χ2v) is 5.80. The fourth-order valence-electron chi connectivity index (χ4n) is 2.66. The van der Waals surface area contributed by atoms with Crippen LogP contribution in [-0.4, -0.2) is 27.7 Å². The summed E-state index contributed by atoms with van der Waals surface area (Å²) in [5.41, 5.74) is 1.19. The molecule has 1 atom stereocenters. The summed E-state index contributed by atoms with van der Waals surface area (Å²) in [6, 6.07) is 3.56. The zero-order valence-electron chi connectivity index (χ0n) is 12.5. The molecular weight excluding hydrogens is 270 g/mol. The van der Waals surface area contributed by atoms with E-state index in [-0.39, 0.29) is 17.9 Å². The van der Waals surface area contributed by atoms with Crippen LogP contribution in [-0.2, 0) is 0 Å². The van der Waals surface area contributed by atoms with Gasteiger partial charge in [-0.05, 0) is 19.8 Å². The van der Waals surface area contributed by atoms with E-state index in [0.717, 1.165) is 30.1 Å². The van der Waals surface area contributed by atoms with Crippen molar-refractivity contribution < 1.29 is 13.8 Å². The first-order valence-electron chi connectivity index (χ1n) is 7.27. The zero-order chi connectivity index (χ0) is 15.0. The number of carbonyl (C=O) groups is 1. The molecule has 6 nitrogen and oxygen atoms in total. The van der Waals surface area contributed by atoms with E-state index >= 15 is 0 Å². The van der Waals surface area contributed by atoms with E-state index in [4.69, 9.17) is 9.05 Å². The van der Waals surface area contributed by atoms with Crippen LogP contribution in [0.1, 0.15) is 66.4 Å². The van der Waals surface area contributed by atoms with Gasteiger partial charge in [0.2, 0.25) is 0 Å². The average Bonchev–Trinajstić information content (AvgIpc) is 3.17. The van der Waals surface area contributed by atoms with E-state index in [1.54, 1.807) is 11.0 Å². The number of nitrogens with zero attached hydrogens (tertiary/aromatic N) is 3. The minimum atomic E-state index is -0.109. The smallest absolute Gasteiger partial charge is 0.276 e. The normalized spacial score (nSPS) is 18.7. The molecule has 1 aliphatic heterocycles. The van der Waals surface area contributed by atoms with E-state index in [0.29, 0.717) is 12.2 Å². The Kier molecular flexibility index (Phi) is 3.53. The van der Waals surface area contributed by atoms with E-state index < -0.39 is 0 Å². The molecule has 0 aliphatic carbocycles. The molecule has 1 aliphatic rings. The van der Waals surface area contributed by atoms with Crippen LogP contribution in [0, 0.1) is 6.92 Å². The predicted molar refractivity (Wildman–Crippen MR) is 74.8 cm³/mol. The molecular formula is C15H19N3O3. The molecule has 0 bridgehead atoms. The molecule has 0 N–H and O–H groups in total. The molecule has 2 aromatic heterocycles. The Morgan fingerprint density at radius 1 is 1.33 bits per heavy atom. The number of aryl methyl sites for hydroxylation is 1. The Hall–Kier alpha value is -2.11. The third kappa shape index (κ3) is 2.57. The second kappa shape index (κ2) is 5.35. The lowest BCUT2D eigenvalue weighted by atomic mass is 10.1. The first-order chi connectivity index (χ1) is 10.1. The van der Waals surface area contributed by atoms with Gasteiger partial charge in [-0.1, -0.05) is 24.2 Å². The van der Waals surface area contributed by atoms with Gasteiger partial charge in [-0.3, -0.25) is 4.79 Å². The Labute approximate surface area is 123 Å². The molecule has 2 aromatic rings. The SMILES string of the molecule is Cc1cc([C@H]2CCCN2C(=O)c2cc(C(C)C)on2)on1. The highest BCUT2D eigenvalue weighted by molar-refractivity contribution is 5.92. The van der Waals surface area contributed by atoms with Crippen molar-refractivity contribution in [3.8, 4) is 0 Å². The Bertz CT molecular complexity index is 644. The van der Waals surface area contributed by atoms with Crippen molar-refractivity contribution in [1.29, 1.82) is 0 Å². The fraction of sp³-hybridized carbons (Fsp3) is 0.533. The van der Waals surface area contributed by atoms with E-state index in [9.17, 15) is 4.79 Å². The minimum absolute atomic E-state index is 0.0575. The summed E-state index contributed by atoms with van der Waals surface area (Å²) in [6.07, 6.45) is 1.83. The van der Waals surface area contributed by atoms with E-state index in [1.807, 2.05) is 26.8 Å². The minimum Gasteiger partial charge on any atom is -0.360 e. The average molecular weight is 289 g/mol. The molecule has 1 fully saturated rings. The topological polar surface area (TPSA) is 72.4 Å². The van der Waals surface area contributed by atoms with Crippen LogP contribution < -0.4 is 0 Å². The highest BCUT2D eigenvalue weighted by Crippen LogP contribution is 2.33. The standard InChI is InChI=1S/C15H19N3O3/c1-9(2)13-8-11(17-20-13)15(19)18-6-4-5-12(18)14-7-10(3)16-21-14/h7-9,12H,4-6H2,1-3H3/t12-/m1/s1. The van der Waals surface area contributed by atoms with Gasteiger partial charge in [0.25, 0.3) is 5.91 Å². The number of carbonyl (C=O) groups excluding carboxylic acids is 1. The van der Waals surface area contributed by atoms with Gasteiger partial charge >= 0.3 is 0 Å². The number of amides is 1. The largest absolute Gasteiger partial charge is 0.360 e. The summed E-state index contributed by atoms with van der Waals surface area (Å²) in [7, 11) is 0.